The number of aromatic nitrogens is 3. The Morgan fingerprint density at radius 3 is 2.58 bits per heavy atom. The molecule has 0 saturated carbocycles. The van der Waals surface area contributed by atoms with Crippen molar-refractivity contribution in [2.75, 3.05) is 0 Å². The molecule has 4 aromatic rings. The van der Waals surface area contributed by atoms with E-state index in [0.29, 0.717) is 27.7 Å². The summed E-state index contributed by atoms with van der Waals surface area (Å²) in [5, 5.41) is 18.4. The highest BCUT2D eigenvalue weighted by Gasteiger charge is 2.25. The maximum Gasteiger partial charge on any atom is 0.272 e. The summed E-state index contributed by atoms with van der Waals surface area (Å²) in [4.78, 5) is 17.0. The van der Waals surface area contributed by atoms with Gasteiger partial charge in [0.25, 0.3) is 5.91 Å². The summed E-state index contributed by atoms with van der Waals surface area (Å²) in [7, 11) is 0. The van der Waals surface area contributed by atoms with Gasteiger partial charge in [0.1, 0.15) is 5.75 Å². The molecule has 0 unspecified atom stereocenters. The standard InChI is InChI=1S/C24H19BrCl2N4O2/c1-2-18-22(24(33)29-12-15-9-10-28-13-21(15)32)30-31(20-8-7-17(26)11-19(20)27)23(18)14-3-5-16(25)6-4-14/h3-11,13,32H,2,12H2,1H3,(H,29,33). The van der Waals surface area contributed by atoms with E-state index >= 15 is 0 Å². The Morgan fingerprint density at radius 1 is 1.15 bits per heavy atom. The Bertz CT molecular complexity index is 1320. The zero-order valence-electron chi connectivity index (χ0n) is 17.5. The smallest absolute Gasteiger partial charge is 0.272 e. The molecule has 1 amide bonds. The molecular weight excluding hydrogens is 527 g/mol. The van der Waals surface area contributed by atoms with Crippen LogP contribution in [0.5, 0.6) is 5.75 Å². The van der Waals surface area contributed by atoms with Crippen LogP contribution in [0.15, 0.2) is 65.4 Å². The second-order valence-corrected chi connectivity index (χ2v) is 8.99. The van der Waals surface area contributed by atoms with Gasteiger partial charge in [-0.25, -0.2) is 4.68 Å². The van der Waals surface area contributed by atoms with Gasteiger partial charge in [-0.3, -0.25) is 9.78 Å². The zero-order chi connectivity index (χ0) is 23.5. The van der Waals surface area contributed by atoms with Crippen molar-refractivity contribution in [1.29, 1.82) is 0 Å². The van der Waals surface area contributed by atoms with Crippen LogP contribution >= 0.6 is 39.1 Å². The molecule has 2 aromatic carbocycles. The number of pyridine rings is 1. The normalized spacial score (nSPS) is 10.9. The Labute approximate surface area is 209 Å². The van der Waals surface area contributed by atoms with Crippen LogP contribution in [0.3, 0.4) is 0 Å². The molecule has 168 valence electrons. The fraction of sp³-hybridized carbons (Fsp3) is 0.125. The van der Waals surface area contributed by atoms with E-state index in [9.17, 15) is 9.90 Å². The number of nitrogens with one attached hydrogen (secondary N) is 1. The molecule has 33 heavy (non-hydrogen) atoms. The van der Waals surface area contributed by atoms with Crippen molar-refractivity contribution in [3.63, 3.8) is 0 Å². The summed E-state index contributed by atoms with van der Waals surface area (Å²) in [5.41, 5.74) is 3.89. The fourth-order valence-electron chi connectivity index (χ4n) is 3.52. The van der Waals surface area contributed by atoms with Crippen LogP contribution in [0.1, 0.15) is 28.5 Å². The van der Waals surface area contributed by atoms with Gasteiger partial charge in [-0.1, -0.05) is 58.2 Å². The number of carbonyl (C=O) groups excluding carboxylic acids is 1. The summed E-state index contributed by atoms with van der Waals surface area (Å²) in [5.74, 6) is -0.340. The molecule has 0 saturated heterocycles. The van der Waals surface area contributed by atoms with E-state index in [4.69, 9.17) is 23.2 Å². The van der Waals surface area contributed by atoms with Crippen LogP contribution in [0.2, 0.25) is 10.0 Å². The van der Waals surface area contributed by atoms with E-state index in [1.54, 1.807) is 35.1 Å². The molecule has 0 radical (unpaired) electrons. The van der Waals surface area contributed by atoms with Gasteiger partial charge in [-0.15, -0.1) is 0 Å². The van der Waals surface area contributed by atoms with Crippen molar-refractivity contribution in [3.8, 4) is 22.7 Å². The first-order valence-electron chi connectivity index (χ1n) is 10.1. The predicted octanol–water partition coefficient (Wildman–Crippen LogP) is 6.20. The molecule has 2 N–H and O–H groups in total. The van der Waals surface area contributed by atoms with Gasteiger partial charge in [0.05, 0.1) is 22.6 Å². The van der Waals surface area contributed by atoms with E-state index < -0.39 is 0 Å². The Hall–Kier alpha value is -2.87. The average Bonchev–Trinajstić information content (AvgIpc) is 3.18. The minimum absolute atomic E-state index is 0.0162. The van der Waals surface area contributed by atoms with Crippen LogP contribution in [-0.2, 0) is 13.0 Å². The molecule has 0 bridgehead atoms. The number of amides is 1. The van der Waals surface area contributed by atoms with Crippen molar-refractivity contribution in [1.82, 2.24) is 20.1 Å². The second kappa shape index (κ2) is 9.95. The van der Waals surface area contributed by atoms with Crippen molar-refractivity contribution in [2.24, 2.45) is 0 Å². The van der Waals surface area contributed by atoms with Gasteiger partial charge >= 0.3 is 0 Å². The van der Waals surface area contributed by atoms with E-state index in [1.165, 1.54) is 6.20 Å². The monoisotopic (exact) mass is 544 g/mol. The molecule has 2 heterocycles. The summed E-state index contributed by atoms with van der Waals surface area (Å²) < 4.78 is 2.62. The molecule has 0 aliphatic carbocycles. The molecule has 4 rings (SSSR count). The summed E-state index contributed by atoms with van der Waals surface area (Å²) >= 11 is 16.1. The Balaban J connectivity index is 1.81. The van der Waals surface area contributed by atoms with E-state index in [1.807, 2.05) is 31.2 Å². The number of aromatic hydroxyl groups is 1. The average molecular weight is 546 g/mol. The van der Waals surface area contributed by atoms with Crippen molar-refractivity contribution >= 4 is 45.0 Å². The minimum atomic E-state index is -0.356. The van der Waals surface area contributed by atoms with Crippen LogP contribution < -0.4 is 5.32 Å². The van der Waals surface area contributed by atoms with Crippen molar-refractivity contribution in [3.05, 3.63) is 92.3 Å². The number of nitrogens with zero attached hydrogens (tertiary/aromatic N) is 3. The number of hydrogen-bond donors (Lipinski definition) is 2. The van der Waals surface area contributed by atoms with E-state index in [-0.39, 0.29) is 23.9 Å². The topological polar surface area (TPSA) is 80.0 Å². The molecular formula is C24H19BrCl2N4O2. The summed E-state index contributed by atoms with van der Waals surface area (Å²) in [6.07, 6.45) is 3.46. The highest BCUT2D eigenvalue weighted by Crippen LogP contribution is 2.34. The van der Waals surface area contributed by atoms with Crippen LogP contribution in [0.25, 0.3) is 16.9 Å². The van der Waals surface area contributed by atoms with Crippen LogP contribution in [0, 0.1) is 0 Å². The lowest BCUT2D eigenvalue weighted by atomic mass is 10.0. The largest absolute Gasteiger partial charge is 0.506 e. The van der Waals surface area contributed by atoms with E-state index in [2.05, 4.69) is 31.3 Å². The summed E-state index contributed by atoms with van der Waals surface area (Å²) in [6, 6.07) is 14.6. The zero-order valence-corrected chi connectivity index (χ0v) is 20.6. The summed E-state index contributed by atoms with van der Waals surface area (Å²) in [6.45, 7) is 2.11. The molecule has 6 nitrogen and oxygen atoms in total. The molecule has 0 spiro atoms. The number of hydrogen-bond acceptors (Lipinski definition) is 4. The molecule has 2 aromatic heterocycles. The number of rotatable bonds is 6. The third-order valence-corrected chi connectivity index (χ3v) is 6.20. The lowest BCUT2D eigenvalue weighted by molar-refractivity contribution is 0.0944. The van der Waals surface area contributed by atoms with Gasteiger partial charge < -0.3 is 10.4 Å². The number of halogens is 3. The van der Waals surface area contributed by atoms with Crippen molar-refractivity contribution < 1.29 is 9.90 Å². The first-order chi connectivity index (χ1) is 15.9. The quantitative estimate of drug-likeness (QED) is 0.302. The third kappa shape index (κ3) is 4.90. The predicted molar refractivity (Wildman–Crippen MR) is 133 cm³/mol. The minimum Gasteiger partial charge on any atom is -0.506 e. The van der Waals surface area contributed by atoms with Crippen LogP contribution in [-0.4, -0.2) is 25.8 Å². The van der Waals surface area contributed by atoms with E-state index in [0.717, 1.165) is 21.3 Å². The van der Waals surface area contributed by atoms with Gasteiger partial charge in [0, 0.05) is 38.9 Å². The van der Waals surface area contributed by atoms with Crippen molar-refractivity contribution in [2.45, 2.75) is 19.9 Å². The molecule has 9 heteroatoms. The fourth-order valence-corrected chi connectivity index (χ4v) is 4.28. The second-order valence-electron chi connectivity index (χ2n) is 7.23. The number of carbonyl (C=O) groups is 1. The van der Waals surface area contributed by atoms with Gasteiger partial charge in [0.15, 0.2) is 5.69 Å². The van der Waals surface area contributed by atoms with Gasteiger partial charge in [0.2, 0.25) is 0 Å². The lowest BCUT2D eigenvalue weighted by Gasteiger charge is -2.11. The highest BCUT2D eigenvalue weighted by atomic mass is 79.9. The molecule has 0 aliphatic heterocycles. The van der Waals surface area contributed by atoms with Gasteiger partial charge in [-0.05, 0) is 42.8 Å². The Morgan fingerprint density at radius 2 is 1.91 bits per heavy atom. The molecule has 0 aliphatic rings. The van der Waals surface area contributed by atoms with Gasteiger partial charge in [-0.2, -0.15) is 5.10 Å². The number of benzene rings is 2. The maximum absolute atomic E-state index is 13.2. The highest BCUT2D eigenvalue weighted by molar-refractivity contribution is 9.10. The first-order valence-corrected chi connectivity index (χ1v) is 11.7. The molecule has 0 fully saturated rings. The first kappa shape index (κ1) is 23.3. The third-order valence-electron chi connectivity index (χ3n) is 5.13. The lowest BCUT2D eigenvalue weighted by Crippen LogP contribution is -2.24. The maximum atomic E-state index is 13.2. The Kier molecular flexibility index (Phi) is 7.02. The molecule has 0 atom stereocenters. The SMILES string of the molecule is CCc1c(C(=O)NCc2ccncc2O)nn(-c2ccc(Cl)cc2Cl)c1-c1ccc(Br)cc1. The van der Waals surface area contributed by atoms with Crippen LogP contribution in [0.4, 0.5) is 0 Å².